The molecule has 0 aliphatic carbocycles. The molecule has 29 heavy (non-hydrogen) atoms. The maximum atomic E-state index is 13.0. The van der Waals surface area contributed by atoms with Crippen LogP contribution in [0, 0.1) is 5.82 Å². The Morgan fingerprint density at radius 1 is 1.00 bits per heavy atom. The van der Waals surface area contributed by atoms with Crippen LogP contribution in [0.5, 0.6) is 11.5 Å². The molecule has 3 aromatic carbocycles. The van der Waals surface area contributed by atoms with Crippen molar-refractivity contribution in [2.24, 2.45) is 5.10 Å². The van der Waals surface area contributed by atoms with Crippen LogP contribution in [0.3, 0.4) is 0 Å². The number of halogens is 1. The first-order valence-corrected chi connectivity index (χ1v) is 10.1. The first-order valence-electron chi connectivity index (χ1n) is 8.63. The topological polar surface area (TPSA) is 77.0 Å². The normalized spacial score (nSPS) is 11.4. The van der Waals surface area contributed by atoms with E-state index in [0.717, 1.165) is 5.56 Å². The minimum Gasteiger partial charge on any atom is -0.493 e. The van der Waals surface area contributed by atoms with E-state index in [1.807, 2.05) is 0 Å². The van der Waals surface area contributed by atoms with Gasteiger partial charge in [-0.15, -0.1) is 0 Å². The summed E-state index contributed by atoms with van der Waals surface area (Å²) in [6.45, 7) is 0.251. The summed E-state index contributed by atoms with van der Waals surface area (Å²) in [6, 6.07) is 19.0. The number of rotatable bonds is 8. The van der Waals surface area contributed by atoms with E-state index in [0.29, 0.717) is 17.1 Å². The van der Waals surface area contributed by atoms with Gasteiger partial charge in [0.05, 0.1) is 18.2 Å². The number of ether oxygens (including phenoxy) is 2. The molecule has 0 unspecified atom stereocenters. The molecule has 6 nitrogen and oxygen atoms in total. The van der Waals surface area contributed by atoms with Crippen LogP contribution in [0.15, 0.2) is 82.8 Å². The number of nitrogens with zero attached hydrogens (tertiary/aromatic N) is 1. The third-order valence-corrected chi connectivity index (χ3v) is 5.17. The maximum absolute atomic E-state index is 13.0. The Bertz CT molecular complexity index is 1090. The molecule has 0 saturated heterocycles. The monoisotopic (exact) mass is 414 g/mol. The minimum atomic E-state index is -3.73. The molecule has 8 heteroatoms. The minimum absolute atomic E-state index is 0.124. The molecule has 0 saturated carbocycles. The molecule has 0 heterocycles. The van der Waals surface area contributed by atoms with Gasteiger partial charge in [-0.25, -0.2) is 9.22 Å². The Kier molecular flexibility index (Phi) is 6.46. The zero-order chi connectivity index (χ0) is 20.7. The van der Waals surface area contributed by atoms with Crippen molar-refractivity contribution in [1.29, 1.82) is 0 Å². The van der Waals surface area contributed by atoms with Gasteiger partial charge in [-0.2, -0.15) is 13.5 Å². The van der Waals surface area contributed by atoms with Crippen molar-refractivity contribution in [2.45, 2.75) is 11.5 Å². The van der Waals surface area contributed by atoms with E-state index in [1.165, 1.54) is 37.6 Å². The number of sulfonamides is 1. The van der Waals surface area contributed by atoms with Crippen LogP contribution < -0.4 is 14.3 Å². The summed E-state index contributed by atoms with van der Waals surface area (Å²) in [5, 5.41) is 3.80. The van der Waals surface area contributed by atoms with Gasteiger partial charge in [0.2, 0.25) is 0 Å². The van der Waals surface area contributed by atoms with Crippen LogP contribution in [0.4, 0.5) is 4.39 Å². The van der Waals surface area contributed by atoms with Crippen molar-refractivity contribution in [2.75, 3.05) is 7.11 Å². The molecule has 0 bridgehead atoms. The lowest BCUT2D eigenvalue weighted by Gasteiger charge is -2.11. The quantitative estimate of drug-likeness (QED) is 0.450. The molecule has 0 aromatic heterocycles. The van der Waals surface area contributed by atoms with E-state index in [2.05, 4.69) is 9.93 Å². The summed E-state index contributed by atoms with van der Waals surface area (Å²) in [4.78, 5) is 2.29. The molecule has 0 radical (unpaired) electrons. The van der Waals surface area contributed by atoms with Crippen molar-refractivity contribution in [3.8, 4) is 11.5 Å². The van der Waals surface area contributed by atoms with Crippen molar-refractivity contribution in [3.63, 3.8) is 0 Å². The average Bonchev–Trinajstić information content (AvgIpc) is 2.74. The lowest BCUT2D eigenvalue weighted by Crippen LogP contribution is -2.18. The van der Waals surface area contributed by atoms with E-state index < -0.39 is 10.0 Å². The molecule has 0 atom stereocenters. The molecule has 0 fully saturated rings. The molecular weight excluding hydrogens is 395 g/mol. The van der Waals surface area contributed by atoms with E-state index in [9.17, 15) is 12.8 Å². The average molecular weight is 414 g/mol. The molecule has 0 spiro atoms. The summed E-state index contributed by atoms with van der Waals surface area (Å²) in [5.41, 5.74) is 1.43. The third-order valence-electron chi connectivity index (χ3n) is 3.94. The van der Waals surface area contributed by atoms with Crippen LogP contribution in [0.25, 0.3) is 0 Å². The van der Waals surface area contributed by atoms with Gasteiger partial charge in [0.15, 0.2) is 11.5 Å². The molecule has 3 rings (SSSR count). The van der Waals surface area contributed by atoms with Gasteiger partial charge in [-0.1, -0.05) is 30.3 Å². The van der Waals surface area contributed by atoms with Crippen molar-refractivity contribution in [3.05, 3.63) is 89.7 Å². The van der Waals surface area contributed by atoms with Crippen molar-refractivity contribution in [1.82, 2.24) is 4.83 Å². The van der Waals surface area contributed by atoms with E-state index >= 15 is 0 Å². The van der Waals surface area contributed by atoms with Crippen molar-refractivity contribution >= 4 is 16.2 Å². The maximum Gasteiger partial charge on any atom is 0.276 e. The predicted molar refractivity (Wildman–Crippen MR) is 108 cm³/mol. The van der Waals surface area contributed by atoms with Crippen LogP contribution in [0.1, 0.15) is 11.1 Å². The Morgan fingerprint density at radius 3 is 2.41 bits per heavy atom. The second-order valence-electron chi connectivity index (χ2n) is 5.99. The highest BCUT2D eigenvalue weighted by molar-refractivity contribution is 7.89. The fraction of sp³-hybridized carbons (Fsp3) is 0.0952. The lowest BCUT2D eigenvalue weighted by atomic mass is 10.2. The summed E-state index contributed by atoms with van der Waals surface area (Å²) < 4.78 is 48.3. The van der Waals surface area contributed by atoms with Gasteiger partial charge >= 0.3 is 0 Å². The van der Waals surface area contributed by atoms with Gasteiger partial charge < -0.3 is 9.47 Å². The van der Waals surface area contributed by atoms with E-state index in [-0.39, 0.29) is 17.3 Å². The highest BCUT2D eigenvalue weighted by Crippen LogP contribution is 2.28. The Hall–Kier alpha value is -3.39. The fourth-order valence-electron chi connectivity index (χ4n) is 2.45. The lowest BCUT2D eigenvalue weighted by molar-refractivity contribution is 0.284. The molecular formula is C21H19FN2O4S. The Labute approximate surface area is 168 Å². The highest BCUT2D eigenvalue weighted by atomic mass is 32.2. The molecule has 0 aliphatic rings. The van der Waals surface area contributed by atoms with Crippen LogP contribution in [-0.2, 0) is 16.6 Å². The molecule has 0 aliphatic heterocycles. The first-order chi connectivity index (χ1) is 14.0. The van der Waals surface area contributed by atoms with E-state index in [1.54, 1.807) is 48.5 Å². The number of hydrogen-bond donors (Lipinski definition) is 1. The van der Waals surface area contributed by atoms with Crippen LogP contribution >= 0.6 is 0 Å². The van der Waals surface area contributed by atoms with Gasteiger partial charge in [-0.3, -0.25) is 0 Å². The number of benzene rings is 3. The Balaban J connectivity index is 1.66. The predicted octanol–water partition coefficient (Wildman–Crippen LogP) is 3.73. The van der Waals surface area contributed by atoms with Gasteiger partial charge in [0.25, 0.3) is 10.0 Å². The SMILES string of the molecule is COc1cc(/C=N\NS(=O)(=O)c2ccccc2)ccc1OCc1ccc(F)cc1. The third kappa shape index (κ3) is 5.55. The summed E-state index contributed by atoms with van der Waals surface area (Å²) >= 11 is 0. The second kappa shape index (κ2) is 9.20. The van der Waals surface area contributed by atoms with Gasteiger partial charge in [0, 0.05) is 0 Å². The smallest absolute Gasteiger partial charge is 0.276 e. The standard InChI is InChI=1S/C21H19FN2O4S/c1-27-21-13-17(14-23-24-29(25,26)19-5-3-2-4-6-19)9-12-20(21)28-15-16-7-10-18(22)11-8-16/h2-14,24H,15H2,1H3/b23-14-. The van der Waals surface area contributed by atoms with Gasteiger partial charge in [0.1, 0.15) is 12.4 Å². The molecule has 3 aromatic rings. The van der Waals surface area contributed by atoms with Crippen molar-refractivity contribution < 1.29 is 22.3 Å². The Morgan fingerprint density at radius 2 is 1.72 bits per heavy atom. The fourth-order valence-corrected chi connectivity index (χ4v) is 3.26. The zero-order valence-corrected chi connectivity index (χ0v) is 16.4. The summed E-state index contributed by atoms with van der Waals surface area (Å²) in [6.07, 6.45) is 1.37. The van der Waals surface area contributed by atoms with Crippen LogP contribution in [0.2, 0.25) is 0 Å². The summed E-state index contributed by atoms with van der Waals surface area (Å²) in [5.74, 6) is 0.652. The highest BCUT2D eigenvalue weighted by Gasteiger charge is 2.11. The number of nitrogens with one attached hydrogen (secondary N) is 1. The van der Waals surface area contributed by atoms with Gasteiger partial charge in [-0.05, 0) is 53.6 Å². The summed E-state index contributed by atoms with van der Waals surface area (Å²) in [7, 11) is -2.23. The molecule has 1 N–H and O–H groups in total. The molecule has 150 valence electrons. The second-order valence-corrected chi connectivity index (χ2v) is 7.65. The van der Waals surface area contributed by atoms with Crippen LogP contribution in [-0.4, -0.2) is 21.7 Å². The number of hydrogen-bond acceptors (Lipinski definition) is 5. The largest absolute Gasteiger partial charge is 0.493 e. The number of methoxy groups -OCH3 is 1. The number of hydrazone groups is 1. The molecule has 0 amide bonds. The van der Waals surface area contributed by atoms with E-state index in [4.69, 9.17) is 9.47 Å². The first kappa shape index (κ1) is 20.3. The zero-order valence-electron chi connectivity index (χ0n) is 15.6.